The van der Waals surface area contributed by atoms with Gasteiger partial charge >= 0.3 is 0 Å². The summed E-state index contributed by atoms with van der Waals surface area (Å²) in [6.45, 7) is 2.70. The molecule has 0 radical (unpaired) electrons. The van der Waals surface area contributed by atoms with E-state index in [1.165, 1.54) is 3.57 Å². The molecule has 9 heteroatoms. The third-order valence-corrected chi connectivity index (χ3v) is 6.10. The van der Waals surface area contributed by atoms with E-state index in [0.29, 0.717) is 44.1 Å². The maximum atomic E-state index is 5.53. The lowest BCUT2D eigenvalue weighted by Crippen LogP contribution is -2.37. The molecule has 0 atom stereocenters. The summed E-state index contributed by atoms with van der Waals surface area (Å²) in [7, 11) is 0. The summed E-state index contributed by atoms with van der Waals surface area (Å²) < 4.78 is 6.70. The van der Waals surface area contributed by atoms with E-state index in [9.17, 15) is 0 Å². The fraction of sp³-hybridized carbons (Fsp3) is 0.154. The molecule has 0 unspecified atom stereocenters. The molecule has 1 aliphatic rings. The number of hydrazone groups is 1. The van der Waals surface area contributed by atoms with Gasteiger partial charge in [0.15, 0.2) is 0 Å². The summed E-state index contributed by atoms with van der Waals surface area (Å²) >= 11 is 2.28. The number of para-hydroxylation sites is 2. The van der Waals surface area contributed by atoms with Crippen LogP contribution in [0.1, 0.15) is 5.56 Å². The summed E-state index contributed by atoms with van der Waals surface area (Å²) in [6.07, 6.45) is 1.75. The second kappa shape index (κ2) is 11.2. The van der Waals surface area contributed by atoms with E-state index in [4.69, 9.17) is 14.7 Å². The molecule has 0 amide bonds. The molecule has 4 aromatic rings. The minimum atomic E-state index is 0.370. The Morgan fingerprint density at radius 3 is 2.09 bits per heavy atom. The molecule has 0 bridgehead atoms. The van der Waals surface area contributed by atoms with Crippen molar-refractivity contribution in [2.45, 2.75) is 0 Å². The Kier molecular flexibility index (Phi) is 7.44. The lowest BCUT2D eigenvalue weighted by atomic mass is 10.2. The van der Waals surface area contributed by atoms with Crippen LogP contribution in [0.5, 0.6) is 0 Å². The van der Waals surface area contributed by atoms with E-state index < -0.39 is 0 Å². The van der Waals surface area contributed by atoms with E-state index in [1.54, 1.807) is 6.21 Å². The van der Waals surface area contributed by atoms with Gasteiger partial charge in [0.2, 0.25) is 17.8 Å². The number of nitrogens with one attached hydrogen (secondary N) is 1. The number of morpholine rings is 1. The number of nitrogens with zero attached hydrogens (tertiary/aromatic N) is 6. The minimum Gasteiger partial charge on any atom is -0.378 e. The fourth-order valence-corrected chi connectivity index (χ4v) is 4.02. The lowest BCUT2D eigenvalue weighted by molar-refractivity contribution is 0.122. The summed E-state index contributed by atoms with van der Waals surface area (Å²) in [4.78, 5) is 18.4. The van der Waals surface area contributed by atoms with Gasteiger partial charge in [0.05, 0.1) is 19.4 Å². The van der Waals surface area contributed by atoms with Crippen molar-refractivity contribution in [2.24, 2.45) is 5.10 Å². The largest absolute Gasteiger partial charge is 0.378 e. The summed E-state index contributed by atoms with van der Waals surface area (Å²) in [5.41, 5.74) is 5.89. The van der Waals surface area contributed by atoms with Crippen LogP contribution in [-0.4, -0.2) is 47.5 Å². The molecule has 176 valence electrons. The SMILES string of the molecule is Ic1ccc(/C=N/Nc2nc(N3CCOCC3)nc(N(c3ccccc3)c3ccccc3)n2)cc1. The quantitative estimate of drug-likeness (QED) is 0.183. The van der Waals surface area contributed by atoms with E-state index in [1.807, 2.05) is 89.8 Å². The molecule has 1 aliphatic heterocycles. The molecular weight excluding hydrogens is 553 g/mol. The molecule has 1 fully saturated rings. The summed E-state index contributed by atoms with van der Waals surface area (Å²) in [6, 6.07) is 28.2. The number of benzene rings is 3. The average molecular weight is 577 g/mol. The Morgan fingerprint density at radius 1 is 0.829 bits per heavy atom. The van der Waals surface area contributed by atoms with Gasteiger partial charge in [0.1, 0.15) is 0 Å². The molecular formula is C26H24IN7O. The van der Waals surface area contributed by atoms with Crippen LogP contribution < -0.4 is 15.2 Å². The first-order valence-corrected chi connectivity index (χ1v) is 12.4. The number of rotatable bonds is 7. The minimum absolute atomic E-state index is 0.370. The maximum Gasteiger partial charge on any atom is 0.250 e. The van der Waals surface area contributed by atoms with E-state index in [0.717, 1.165) is 16.9 Å². The maximum absolute atomic E-state index is 5.53. The number of ether oxygens (including phenoxy) is 1. The first kappa shape index (κ1) is 23.2. The number of aromatic nitrogens is 3. The molecule has 0 spiro atoms. The van der Waals surface area contributed by atoms with Gasteiger partial charge in [-0.1, -0.05) is 48.5 Å². The first-order valence-electron chi connectivity index (χ1n) is 11.3. The van der Waals surface area contributed by atoms with Crippen LogP contribution in [0.3, 0.4) is 0 Å². The lowest BCUT2D eigenvalue weighted by Gasteiger charge is -2.28. The van der Waals surface area contributed by atoms with Gasteiger partial charge < -0.3 is 9.64 Å². The topological polar surface area (TPSA) is 78.8 Å². The number of halogens is 1. The first-order chi connectivity index (χ1) is 17.3. The fourth-order valence-electron chi connectivity index (χ4n) is 3.66. The van der Waals surface area contributed by atoms with Gasteiger partial charge in [0.25, 0.3) is 0 Å². The van der Waals surface area contributed by atoms with Gasteiger partial charge in [-0.05, 0) is 64.6 Å². The molecule has 1 aromatic heterocycles. The molecule has 8 nitrogen and oxygen atoms in total. The number of anilines is 5. The van der Waals surface area contributed by atoms with Gasteiger partial charge in [-0.15, -0.1) is 0 Å². The van der Waals surface area contributed by atoms with Crippen molar-refractivity contribution in [1.82, 2.24) is 15.0 Å². The number of hydrogen-bond donors (Lipinski definition) is 1. The summed E-state index contributed by atoms with van der Waals surface area (Å²) in [5, 5.41) is 4.38. The van der Waals surface area contributed by atoms with Crippen molar-refractivity contribution in [3.63, 3.8) is 0 Å². The predicted octanol–water partition coefficient (Wildman–Crippen LogP) is 5.23. The number of hydrogen-bond acceptors (Lipinski definition) is 8. The van der Waals surface area contributed by atoms with Crippen LogP contribution in [0.4, 0.5) is 29.2 Å². The van der Waals surface area contributed by atoms with Crippen molar-refractivity contribution in [2.75, 3.05) is 41.5 Å². The highest BCUT2D eigenvalue weighted by Gasteiger charge is 2.21. The van der Waals surface area contributed by atoms with Crippen LogP contribution in [0.15, 0.2) is 90.0 Å². The van der Waals surface area contributed by atoms with Crippen LogP contribution in [-0.2, 0) is 4.74 Å². The zero-order chi connectivity index (χ0) is 23.9. The van der Waals surface area contributed by atoms with Crippen LogP contribution in [0.2, 0.25) is 0 Å². The molecule has 0 aliphatic carbocycles. The second-order valence-electron chi connectivity index (χ2n) is 7.79. The van der Waals surface area contributed by atoms with Crippen LogP contribution >= 0.6 is 22.6 Å². The molecule has 1 N–H and O–H groups in total. The van der Waals surface area contributed by atoms with E-state index in [-0.39, 0.29) is 0 Å². The normalized spacial score (nSPS) is 13.7. The van der Waals surface area contributed by atoms with Gasteiger partial charge in [-0.25, -0.2) is 5.43 Å². The van der Waals surface area contributed by atoms with Gasteiger partial charge in [-0.2, -0.15) is 20.1 Å². The average Bonchev–Trinajstić information content (AvgIpc) is 2.92. The van der Waals surface area contributed by atoms with Crippen LogP contribution in [0.25, 0.3) is 0 Å². The Labute approximate surface area is 217 Å². The Morgan fingerprint density at radius 2 is 1.46 bits per heavy atom. The Bertz CT molecular complexity index is 1220. The standard InChI is InChI=1S/C26H24IN7O/c27-21-13-11-20(12-14-21)19-28-32-24-29-25(33-15-17-35-18-16-33)31-26(30-24)34(22-7-3-1-4-8-22)23-9-5-2-6-10-23/h1-14,19H,15-18H2,(H,29,30,31,32)/b28-19+. The van der Waals surface area contributed by atoms with Crippen molar-refractivity contribution < 1.29 is 4.74 Å². The van der Waals surface area contributed by atoms with Gasteiger partial charge in [-0.3, -0.25) is 4.90 Å². The molecule has 0 saturated carbocycles. The zero-order valence-corrected chi connectivity index (χ0v) is 21.1. The second-order valence-corrected chi connectivity index (χ2v) is 9.03. The zero-order valence-electron chi connectivity index (χ0n) is 19.0. The smallest absolute Gasteiger partial charge is 0.250 e. The van der Waals surface area contributed by atoms with Crippen molar-refractivity contribution in [1.29, 1.82) is 0 Å². The Hall–Kier alpha value is -3.57. The van der Waals surface area contributed by atoms with Gasteiger partial charge in [0, 0.05) is 28.0 Å². The Balaban J connectivity index is 1.53. The monoisotopic (exact) mass is 577 g/mol. The third kappa shape index (κ3) is 5.92. The highest BCUT2D eigenvalue weighted by Crippen LogP contribution is 2.33. The van der Waals surface area contributed by atoms with Crippen molar-refractivity contribution in [3.8, 4) is 0 Å². The van der Waals surface area contributed by atoms with Crippen molar-refractivity contribution in [3.05, 3.63) is 94.1 Å². The molecule has 2 heterocycles. The van der Waals surface area contributed by atoms with Crippen molar-refractivity contribution >= 4 is 58.0 Å². The molecule has 5 rings (SSSR count). The predicted molar refractivity (Wildman–Crippen MR) is 148 cm³/mol. The molecule has 1 saturated heterocycles. The highest BCUT2D eigenvalue weighted by molar-refractivity contribution is 14.1. The molecule has 35 heavy (non-hydrogen) atoms. The molecule has 3 aromatic carbocycles. The van der Waals surface area contributed by atoms with E-state index in [2.05, 4.69) is 43.0 Å². The highest BCUT2D eigenvalue weighted by atomic mass is 127. The van der Waals surface area contributed by atoms with E-state index >= 15 is 0 Å². The summed E-state index contributed by atoms with van der Waals surface area (Å²) in [5.74, 6) is 1.46. The van der Waals surface area contributed by atoms with Crippen LogP contribution in [0, 0.1) is 3.57 Å². The third-order valence-electron chi connectivity index (χ3n) is 5.38.